The fourth-order valence-corrected chi connectivity index (χ4v) is 4.22. The Morgan fingerprint density at radius 1 is 0.939 bits per heavy atom. The maximum atomic E-state index is 13.4. The highest BCUT2D eigenvalue weighted by Gasteiger charge is 2.44. The number of rotatable bonds is 5. The molecule has 1 aliphatic carbocycles. The molecule has 0 amide bonds. The van der Waals surface area contributed by atoms with Gasteiger partial charge in [-0.3, -0.25) is 4.79 Å². The summed E-state index contributed by atoms with van der Waals surface area (Å²) in [5.41, 5.74) is -2.61. The van der Waals surface area contributed by atoms with Gasteiger partial charge in [-0.1, -0.05) is 12.1 Å². The van der Waals surface area contributed by atoms with Crippen LogP contribution >= 0.6 is 0 Å². The molecule has 3 nitrogen and oxygen atoms in total. The molecule has 0 aliphatic heterocycles. The van der Waals surface area contributed by atoms with Crippen molar-refractivity contribution in [2.24, 2.45) is 5.92 Å². The third kappa shape index (κ3) is 5.66. The summed E-state index contributed by atoms with van der Waals surface area (Å²) in [6.45, 7) is 1.35. The Labute approximate surface area is 185 Å². The Morgan fingerprint density at radius 3 is 1.97 bits per heavy atom. The molecule has 2 aromatic carbocycles. The van der Waals surface area contributed by atoms with Crippen molar-refractivity contribution in [2.45, 2.75) is 50.2 Å². The minimum absolute atomic E-state index is 0.0559. The lowest BCUT2D eigenvalue weighted by Crippen LogP contribution is -2.27. The molecule has 33 heavy (non-hydrogen) atoms. The second-order valence-corrected chi connectivity index (χ2v) is 7.94. The minimum Gasteiger partial charge on any atom is -0.469 e. The fraction of sp³-hybridized carbons (Fsp3) is 0.435. The molecule has 180 valence electrons. The van der Waals surface area contributed by atoms with Crippen molar-refractivity contribution < 1.29 is 45.0 Å². The van der Waals surface area contributed by atoms with Crippen LogP contribution in [0.15, 0.2) is 42.5 Å². The lowest BCUT2D eigenvalue weighted by atomic mass is 9.87. The molecule has 1 aliphatic rings. The molecule has 0 heterocycles. The third-order valence-electron chi connectivity index (χ3n) is 5.81. The van der Waals surface area contributed by atoms with Gasteiger partial charge >= 0.3 is 18.3 Å². The van der Waals surface area contributed by atoms with E-state index >= 15 is 0 Å². The summed E-state index contributed by atoms with van der Waals surface area (Å²) in [6, 6.07) is 6.64. The molecule has 2 aromatic rings. The fourth-order valence-electron chi connectivity index (χ4n) is 4.22. The normalized spacial score (nSPS) is 22.3. The number of benzene rings is 2. The monoisotopic (exact) mass is 478 g/mol. The van der Waals surface area contributed by atoms with Crippen molar-refractivity contribution in [3.05, 3.63) is 70.5 Å². The lowest BCUT2D eigenvalue weighted by molar-refractivity contribution is -0.147. The van der Waals surface area contributed by atoms with E-state index in [1.807, 2.05) is 0 Å². The van der Waals surface area contributed by atoms with Crippen LogP contribution in [0.2, 0.25) is 0 Å². The predicted molar refractivity (Wildman–Crippen MR) is 104 cm³/mol. The smallest absolute Gasteiger partial charge is 0.416 e. The topological polar surface area (TPSA) is 35.5 Å². The Balaban J connectivity index is 1.94. The maximum absolute atomic E-state index is 13.4. The molecular weight excluding hydrogens is 457 g/mol. The van der Waals surface area contributed by atoms with Crippen LogP contribution in [0.3, 0.4) is 0 Å². The number of methoxy groups -OCH3 is 1. The molecule has 4 atom stereocenters. The van der Waals surface area contributed by atoms with Crippen molar-refractivity contribution in [3.8, 4) is 0 Å². The molecule has 1 saturated carbocycles. The zero-order chi connectivity index (χ0) is 24.6. The zero-order valence-electron chi connectivity index (χ0n) is 17.6. The molecular formula is C23H21F7O3. The van der Waals surface area contributed by atoms with E-state index in [-0.39, 0.29) is 11.6 Å². The Kier molecular flexibility index (Phi) is 7.07. The van der Waals surface area contributed by atoms with Crippen LogP contribution in [0.1, 0.15) is 54.0 Å². The highest BCUT2D eigenvalue weighted by atomic mass is 19.4. The van der Waals surface area contributed by atoms with E-state index in [9.17, 15) is 35.5 Å². The van der Waals surface area contributed by atoms with Crippen molar-refractivity contribution in [1.82, 2.24) is 0 Å². The Morgan fingerprint density at radius 2 is 1.48 bits per heavy atom. The first-order valence-corrected chi connectivity index (χ1v) is 10.1. The summed E-state index contributed by atoms with van der Waals surface area (Å²) in [5, 5.41) is 0. The summed E-state index contributed by atoms with van der Waals surface area (Å²) in [6.07, 6.45) is -11.2. The highest BCUT2D eigenvalue weighted by molar-refractivity contribution is 5.74. The third-order valence-corrected chi connectivity index (χ3v) is 5.81. The van der Waals surface area contributed by atoms with Crippen LogP contribution < -0.4 is 0 Å². The average molecular weight is 478 g/mol. The summed E-state index contributed by atoms with van der Waals surface area (Å²) in [5.74, 6) is -2.28. The van der Waals surface area contributed by atoms with Crippen LogP contribution in [0.5, 0.6) is 0 Å². The average Bonchev–Trinajstić information content (AvgIpc) is 3.15. The predicted octanol–water partition coefficient (Wildman–Crippen LogP) is 6.68. The molecule has 0 radical (unpaired) electrons. The van der Waals surface area contributed by atoms with E-state index in [0.717, 1.165) is 0 Å². The van der Waals surface area contributed by atoms with Crippen molar-refractivity contribution in [2.75, 3.05) is 7.11 Å². The highest BCUT2D eigenvalue weighted by Crippen LogP contribution is 2.45. The Bertz CT molecular complexity index is 951. The maximum Gasteiger partial charge on any atom is 0.416 e. The number of alkyl halides is 6. The minimum atomic E-state index is -4.98. The molecule has 0 N–H and O–H groups in total. The van der Waals surface area contributed by atoms with Gasteiger partial charge in [-0.05, 0) is 61.2 Å². The number of hydrogen-bond acceptors (Lipinski definition) is 3. The molecule has 1 fully saturated rings. The van der Waals surface area contributed by atoms with Gasteiger partial charge < -0.3 is 9.47 Å². The number of hydrogen-bond donors (Lipinski definition) is 0. The van der Waals surface area contributed by atoms with Gasteiger partial charge in [0.1, 0.15) is 5.82 Å². The number of carbonyl (C=O) groups is 1. The first-order chi connectivity index (χ1) is 15.3. The number of ether oxygens (including phenoxy) is 2. The molecule has 3 rings (SSSR count). The largest absolute Gasteiger partial charge is 0.469 e. The quantitative estimate of drug-likeness (QED) is 0.356. The van der Waals surface area contributed by atoms with Gasteiger partial charge in [0.2, 0.25) is 0 Å². The SMILES string of the molecule is COC(=O)[C@@H]1CC[C@H](O[C@@H](C)c2cc(C(F)(F)F)cc(C(F)(F)F)c2)[C@H]1c1ccc(F)cc1. The van der Waals surface area contributed by atoms with Crippen LogP contribution in [-0.2, 0) is 26.6 Å². The van der Waals surface area contributed by atoms with E-state index in [4.69, 9.17) is 9.47 Å². The molecule has 0 unspecified atom stereocenters. The zero-order valence-corrected chi connectivity index (χ0v) is 17.6. The van der Waals surface area contributed by atoms with Crippen LogP contribution in [0, 0.1) is 11.7 Å². The van der Waals surface area contributed by atoms with Crippen molar-refractivity contribution in [3.63, 3.8) is 0 Å². The molecule has 0 aromatic heterocycles. The number of carbonyl (C=O) groups excluding carboxylic acids is 1. The van der Waals surface area contributed by atoms with Gasteiger partial charge in [0, 0.05) is 5.92 Å². The van der Waals surface area contributed by atoms with Gasteiger partial charge in [0.05, 0.1) is 36.4 Å². The van der Waals surface area contributed by atoms with Crippen LogP contribution in [-0.4, -0.2) is 19.2 Å². The van der Waals surface area contributed by atoms with Crippen LogP contribution in [0.25, 0.3) is 0 Å². The molecule has 0 saturated heterocycles. The second-order valence-electron chi connectivity index (χ2n) is 7.94. The van der Waals surface area contributed by atoms with E-state index < -0.39 is 59.3 Å². The molecule has 0 bridgehead atoms. The lowest BCUT2D eigenvalue weighted by Gasteiger charge is -2.28. The van der Waals surface area contributed by atoms with E-state index in [0.29, 0.717) is 30.5 Å². The van der Waals surface area contributed by atoms with Gasteiger partial charge in [-0.2, -0.15) is 26.3 Å². The van der Waals surface area contributed by atoms with Crippen molar-refractivity contribution in [1.29, 1.82) is 0 Å². The van der Waals surface area contributed by atoms with E-state index in [2.05, 4.69) is 0 Å². The van der Waals surface area contributed by atoms with Gasteiger partial charge in [-0.25, -0.2) is 4.39 Å². The summed E-state index contributed by atoms with van der Waals surface area (Å²) >= 11 is 0. The van der Waals surface area contributed by atoms with E-state index in [1.165, 1.54) is 38.3 Å². The summed E-state index contributed by atoms with van der Waals surface area (Å²) in [7, 11) is 1.21. The summed E-state index contributed by atoms with van der Waals surface area (Å²) < 4.78 is 103. The van der Waals surface area contributed by atoms with Gasteiger partial charge in [0.15, 0.2) is 0 Å². The Hall–Kier alpha value is -2.62. The van der Waals surface area contributed by atoms with Gasteiger partial charge in [-0.15, -0.1) is 0 Å². The molecule has 10 heteroatoms. The molecule has 0 spiro atoms. The summed E-state index contributed by atoms with van der Waals surface area (Å²) in [4.78, 5) is 12.3. The number of esters is 1. The number of halogens is 7. The second kappa shape index (κ2) is 9.32. The van der Waals surface area contributed by atoms with Crippen LogP contribution in [0.4, 0.5) is 30.7 Å². The first-order valence-electron chi connectivity index (χ1n) is 10.1. The van der Waals surface area contributed by atoms with Crippen molar-refractivity contribution >= 4 is 5.97 Å². The first kappa shape index (κ1) is 25.0. The standard InChI is InChI=1S/C23H21F7O3/c1-12(14-9-15(22(25,26)27)11-16(10-14)23(28,29)30)33-19-8-7-18(21(31)32-2)20(19)13-3-5-17(24)6-4-13/h3-6,9-12,18-20H,7-8H2,1-2H3/t12-,18+,19-,20-/m0/s1. The van der Waals surface area contributed by atoms with E-state index in [1.54, 1.807) is 0 Å². The van der Waals surface area contributed by atoms with Gasteiger partial charge in [0.25, 0.3) is 0 Å².